The number of thiol groups is 1. The quantitative estimate of drug-likeness (QED) is 0.571. The molecule has 0 radical (unpaired) electrons. The smallest absolute Gasteiger partial charge is 0.131 e. The summed E-state index contributed by atoms with van der Waals surface area (Å²) < 4.78 is 0. The molecule has 64 valence electrons. The molecule has 1 aromatic rings. The van der Waals surface area contributed by atoms with Gasteiger partial charge in [-0.2, -0.15) is 12.6 Å². The molecule has 0 N–H and O–H groups in total. The van der Waals surface area contributed by atoms with Crippen LogP contribution in [0, 0.1) is 6.92 Å². The van der Waals surface area contributed by atoms with E-state index in [4.69, 9.17) is 11.6 Å². The highest BCUT2D eigenvalue weighted by atomic mass is 35.5. The minimum absolute atomic E-state index is 0.568. The molecule has 1 nitrogen and oxygen atoms in total. The summed E-state index contributed by atoms with van der Waals surface area (Å²) in [4.78, 5) is 4.02. The topological polar surface area (TPSA) is 12.9 Å². The van der Waals surface area contributed by atoms with Crippen molar-refractivity contribution in [2.24, 2.45) is 0 Å². The third kappa shape index (κ3) is 2.54. The van der Waals surface area contributed by atoms with Crippen molar-refractivity contribution in [1.29, 1.82) is 0 Å². The average molecular weight is 200 g/mol. The summed E-state index contributed by atoms with van der Waals surface area (Å²) in [5.74, 6) is 0.738. The van der Waals surface area contributed by atoms with E-state index in [1.165, 1.54) is 0 Å². The number of halogens is 1. The fourth-order valence-electron chi connectivity index (χ4n) is 0.860. The number of aryl methyl sites for hydroxylation is 1. The minimum Gasteiger partial charge on any atom is -0.244 e. The zero-order valence-electron chi connectivity index (χ0n) is 6.79. The minimum atomic E-state index is 0.568. The van der Waals surface area contributed by atoms with Crippen LogP contribution in [0.3, 0.4) is 0 Å². The first-order valence-corrected chi connectivity index (χ1v) is 4.64. The van der Waals surface area contributed by atoms with Gasteiger partial charge in [-0.15, -0.1) is 0 Å². The Kier molecular flexibility index (Phi) is 3.63. The number of rotatable bonds is 2. The van der Waals surface area contributed by atoms with Gasteiger partial charge in [0.05, 0.1) is 0 Å². The van der Waals surface area contributed by atoms with E-state index in [0.717, 1.165) is 16.9 Å². The van der Waals surface area contributed by atoms with E-state index in [1.807, 2.05) is 25.1 Å². The molecule has 0 bridgehead atoms. The molecule has 1 aromatic heterocycles. The average Bonchev–Trinajstić information content (AvgIpc) is 2.07. The van der Waals surface area contributed by atoms with E-state index in [1.54, 1.807) is 6.20 Å². The zero-order chi connectivity index (χ0) is 8.97. The van der Waals surface area contributed by atoms with Crippen LogP contribution in [0.2, 0.25) is 5.15 Å². The maximum atomic E-state index is 5.76. The number of aromatic nitrogens is 1. The summed E-state index contributed by atoms with van der Waals surface area (Å²) in [6.07, 6.45) is 5.69. The van der Waals surface area contributed by atoms with E-state index in [2.05, 4.69) is 17.6 Å². The van der Waals surface area contributed by atoms with Gasteiger partial charge >= 0.3 is 0 Å². The van der Waals surface area contributed by atoms with Gasteiger partial charge in [0.1, 0.15) is 5.15 Å². The standard InChI is InChI=1S/C9H10ClNS/c1-7-5-8(3-2-4-12)6-11-9(7)10/h2-3,5-6,12H,4H2,1H3. The van der Waals surface area contributed by atoms with Gasteiger partial charge in [-0.05, 0) is 24.1 Å². The Labute approximate surface area is 82.9 Å². The normalized spacial score (nSPS) is 10.9. The van der Waals surface area contributed by atoms with Gasteiger partial charge in [0.25, 0.3) is 0 Å². The van der Waals surface area contributed by atoms with E-state index in [-0.39, 0.29) is 0 Å². The Morgan fingerprint density at radius 1 is 1.67 bits per heavy atom. The largest absolute Gasteiger partial charge is 0.244 e. The van der Waals surface area contributed by atoms with Gasteiger partial charge < -0.3 is 0 Å². The summed E-state index contributed by atoms with van der Waals surface area (Å²) in [5, 5.41) is 0.568. The maximum absolute atomic E-state index is 5.76. The molecule has 0 amide bonds. The third-order valence-electron chi connectivity index (χ3n) is 1.45. The first-order valence-electron chi connectivity index (χ1n) is 3.63. The summed E-state index contributed by atoms with van der Waals surface area (Å²) in [7, 11) is 0. The van der Waals surface area contributed by atoms with Crippen LogP contribution in [0.15, 0.2) is 18.3 Å². The van der Waals surface area contributed by atoms with Crippen molar-refractivity contribution in [3.05, 3.63) is 34.6 Å². The lowest BCUT2D eigenvalue weighted by molar-refractivity contribution is 1.26. The van der Waals surface area contributed by atoms with Gasteiger partial charge in [-0.3, -0.25) is 0 Å². The number of hydrogen-bond acceptors (Lipinski definition) is 2. The fraction of sp³-hybridized carbons (Fsp3) is 0.222. The van der Waals surface area contributed by atoms with E-state index in [9.17, 15) is 0 Å². The Morgan fingerprint density at radius 3 is 3.00 bits per heavy atom. The molecule has 1 heterocycles. The van der Waals surface area contributed by atoms with Crippen molar-refractivity contribution >= 4 is 30.3 Å². The summed E-state index contributed by atoms with van der Waals surface area (Å²) in [6, 6.07) is 2.00. The maximum Gasteiger partial charge on any atom is 0.131 e. The molecule has 0 atom stereocenters. The molecule has 0 spiro atoms. The van der Waals surface area contributed by atoms with Gasteiger partial charge in [0, 0.05) is 11.9 Å². The molecular weight excluding hydrogens is 190 g/mol. The molecule has 12 heavy (non-hydrogen) atoms. The van der Waals surface area contributed by atoms with Crippen molar-refractivity contribution in [3.63, 3.8) is 0 Å². The van der Waals surface area contributed by atoms with Crippen LogP contribution < -0.4 is 0 Å². The Balaban J connectivity index is 2.89. The third-order valence-corrected chi connectivity index (χ3v) is 2.06. The lowest BCUT2D eigenvalue weighted by Gasteiger charge is -1.97. The highest BCUT2D eigenvalue weighted by Gasteiger charge is 1.95. The second-order valence-electron chi connectivity index (χ2n) is 2.46. The van der Waals surface area contributed by atoms with Crippen LogP contribution in [-0.4, -0.2) is 10.7 Å². The molecule has 0 aliphatic carbocycles. The Hall–Kier alpha value is -0.470. The highest BCUT2D eigenvalue weighted by Crippen LogP contribution is 2.13. The molecule has 0 aliphatic heterocycles. The first kappa shape index (κ1) is 9.62. The summed E-state index contributed by atoms with van der Waals surface area (Å²) in [6.45, 7) is 1.94. The van der Waals surface area contributed by atoms with Gasteiger partial charge in [-0.25, -0.2) is 4.98 Å². The Bertz CT molecular complexity index is 297. The second-order valence-corrected chi connectivity index (χ2v) is 3.18. The second kappa shape index (κ2) is 4.53. The number of hydrogen-bond donors (Lipinski definition) is 1. The van der Waals surface area contributed by atoms with Crippen molar-refractivity contribution < 1.29 is 0 Å². The predicted molar refractivity (Wildman–Crippen MR) is 56.9 cm³/mol. The van der Waals surface area contributed by atoms with Crippen LogP contribution in [0.1, 0.15) is 11.1 Å². The van der Waals surface area contributed by atoms with Crippen molar-refractivity contribution in [2.75, 3.05) is 5.75 Å². The zero-order valence-corrected chi connectivity index (χ0v) is 8.44. The molecule has 3 heteroatoms. The molecule has 0 unspecified atom stereocenters. The van der Waals surface area contributed by atoms with Crippen LogP contribution in [0.5, 0.6) is 0 Å². The van der Waals surface area contributed by atoms with Crippen LogP contribution in [0.25, 0.3) is 6.08 Å². The SMILES string of the molecule is Cc1cc(C=CCS)cnc1Cl. The van der Waals surface area contributed by atoms with E-state index >= 15 is 0 Å². The summed E-state index contributed by atoms with van der Waals surface area (Å²) in [5.41, 5.74) is 2.06. The predicted octanol–water partition coefficient (Wildman–Crippen LogP) is 2.99. The monoisotopic (exact) mass is 199 g/mol. The van der Waals surface area contributed by atoms with Gasteiger partial charge in [0.2, 0.25) is 0 Å². The molecule has 0 saturated carbocycles. The Morgan fingerprint density at radius 2 is 2.42 bits per heavy atom. The van der Waals surface area contributed by atoms with Crippen LogP contribution in [-0.2, 0) is 0 Å². The lowest BCUT2D eigenvalue weighted by Crippen LogP contribution is -1.82. The van der Waals surface area contributed by atoms with Crippen molar-refractivity contribution in [3.8, 4) is 0 Å². The molecule has 0 fully saturated rings. The van der Waals surface area contributed by atoms with Crippen molar-refractivity contribution in [1.82, 2.24) is 4.98 Å². The molecule has 0 aromatic carbocycles. The van der Waals surface area contributed by atoms with Crippen LogP contribution in [0.4, 0.5) is 0 Å². The molecule has 0 saturated heterocycles. The number of pyridine rings is 1. The summed E-state index contributed by atoms with van der Waals surface area (Å²) >= 11 is 9.83. The van der Waals surface area contributed by atoms with E-state index in [0.29, 0.717) is 5.15 Å². The van der Waals surface area contributed by atoms with Gasteiger partial charge in [-0.1, -0.05) is 23.8 Å². The van der Waals surface area contributed by atoms with E-state index < -0.39 is 0 Å². The molecular formula is C9H10ClNS. The van der Waals surface area contributed by atoms with Crippen LogP contribution >= 0.6 is 24.2 Å². The molecule has 1 rings (SSSR count). The van der Waals surface area contributed by atoms with Crippen molar-refractivity contribution in [2.45, 2.75) is 6.92 Å². The number of nitrogens with zero attached hydrogens (tertiary/aromatic N) is 1. The first-order chi connectivity index (χ1) is 5.74. The fourth-order valence-corrected chi connectivity index (χ4v) is 1.07. The highest BCUT2D eigenvalue weighted by molar-refractivity contribution is 7.80. The molecule has 0 aliphatic rings. The lowest BCUT2D eigenvalue weighted by atomic mass is 10.2. The van der Waals surface area contributed by atoms with Gasteiger partial charge in [0.15, 0.2) is 0 Å².